The van der Waals surface area contributed by atoms with Crippen LogP contribution in [0.15, 0.2) is 24.3 Å². The highest BCUT2D eigenvalue weighted by Crippen LogP contribution is 2.39. The summed E-state index contributed by atoms with van der Waals surface area (Å²) in [5.41, 5.74) is 1.23. The first kappa shape index (κ1) is 18.7. The van der Waals surface area contributed by atoms with Gasteiger partial charge in [-0.2, -0.15) is 13.2 Å². The van der Waals surface area contributed by atoms with Gasteiger partial charge in [0.05, 0.1) is 5.56 Å². The van der Waals surface area contributed by atoms with Crippen molar-refractivity contribution in [3.63, 3.8) is 0 Å². The Bertz CT molecular complexity index is 864. The fourth-order valence-corrected chi connectivity index (χ4v) is 4.30. The summed E-state index contributed by atoms with van der Waals surface area (Å²) in [7, 11) is 0. The predicted octanol–water partition coefficient (Wildman–Crippen LogP) is 5.03. The van der Waals surface area contributed by atoms with E-state index in [1.54, 1.807) is 18.2 Å². The summed E-state index contributed by atoms with van der Waals surface area (Å²) >= 11 is 6.92. The van der Waals surface area contributed by atoms with Crippen molar-refractivity contribution in [1.29, 1.82) is 0 Å². The highest BCUT2D eigenvalue weighted by molar-refractivity contribution is 7.17. The molecule has 0 radical (unpaired) electrons. The standard InChI is InChI=1S/C17H14ClF3N2O2S/c18-9-4-3-5-10(8-9)22-14(24)13-11-6-1-2-7-12(11)26-15(13)23-16(25)17(19,20)21/h3-5,8H,1-2,6-7H2,(H,22,24)(H,23,25). The Morgan fingerprint density at radius 3 is 2.54 bits per heavy atom. The molecule has 9 heteroatoms. The van der Waals surface area contributed by atoms with Crippen LogP contribution in [0.2, 0.25) is 5.02 Å². The van der Waals surface area contributed by atoms with Gasteiger partial charge in [-0.05, 0) is 49.4 Å². The number of halogens is 4. The number of carbonyl (C=O) groups excluding carboxylic acids is 2. The van der Waals surface area contributed by atoms with Gasteiger partial charge in [0.15, 0.2) is 0 Å². The summed E-state index contributed by atoms with van der Waals surface area (Å²) in [5, 5.41) is 4.84. The molecule has 0 fully saturated rings. The van der Waals surface area contributed by atoms with E-state index in [2.05, 4.69) is 5.32 Å². The number of benzene rings is 1. The van der Waals surface area contributed by atoms with Crippen LogP contribution < -0.4 is 10.6 Å². The Kier molecular flexibility index (Phi) is 5.24. The van der Waals surface area contributed by atoms with Gasteiger partial charge in [0.2, 0.25) is 0 Å². The maximum absolute atomic E-state index is 12.7. The molecule has 4 nitrogen and oxygen atoms in total. The molecule has 1 aliphatic carbocycles. The molecule has 26 heavy (non-hydrogen) atoms. The van der Waals surface area contributed by atoms with Gasteiger partial charge in [-0.15, -0.1) is 11.3 Å². The minimum absolute atomic E-state index is 0.0706. The molecule has 1 aromatic heterocycles. The van der Waals surface area contributed by atoms with Crippen LogP contribution in [0.3, 0.4) is 0 Å². The number of fused-ring (bicyclic) bond motifs is 1. The normalized spacial score (nSPS) is 13.8. The van der Waals surface area contributed by atoms with Crippen LogP contribution in [-0.2, 0) is 17.6 Å². The van der Waals surface area contributed by atoms with Crippen molar-refractivity contribution in [1.82, 2.24) is 0 Å². The first-order valence-corrected chi connectivity index (χ1v) is 9.05. The minimum atomic E-state index is -5.02. The topological polar surface area (TPSA) is 58.2 Å². The zero-order chi connectivity index (χ0) is 18.9. The molecule has 0 saturated carbocycles. The van der Waals surface area contributed by atoms with Crippen LogP contribution in [0, 0.1) is 0 Å². The number of thiophene rings is 1. The van der Waals surface area contributed by atoms with Gasteiger partial charge < -0.3 is 10.6 Å². The van der Waals surface area contributed by atoms with E-state index in [1.807, 2.05) is 5.32 Å². The third-order valence-electron chi connectivity index (χ3n) is 3.97. The van der Waals surface area contributed by atoms with Gasteiger partial charge in [-0.1, -0.05) is 17.7 Å². The molecule has 0 unspecified atom stereocenters. The van der Waals surface area contributed by atoms with E-state index in [0.717, 1.165) is 29.1 Å². The quantitative estimate of drug-likeness (QED) is 0.756. The summed E-state index contributed by atoms with van der Waals surface area (Å²) in [5.74, 6) is -2.66. The Balaban J connectivity index is 1.94. The number of aryl methyl sites for hydroxylation is 1. The van der Waals surface area contributed by atoms with Crippen molar-refractivity contribution in [3.05, 3.63) is 45.3 Å². The fraction of sp³-hybridized carbons (Fsp3) is 0.294. The van der Waals surface area contributed by atoms with Crippen LogP contribution in [0.25, 0.3) is 0 Å². The van der Waals surface area contributed by atoms with Gasteiger partial charge in [0, 0.05) is 15.6 Å². The number of carbonyl (C=O) groups is 2. The lowest BCUT2D eigenvalue weighted by Crippen LogP contribution is -2.30. The van der Waals surface area contributed by atoms with Crippen LogP contribution in [0.4, 0.5) is 23.9 Å². The number of anilines is 2. The summed E-state index contributed by atoms with van der Waals surface area (Å²) in [6.07, 6.45) is -2.01. The van der Waals surface area contributed by atoms with Crippen LogP contribution in [-0.4, -0.2) is 18.0 Å². The summed E-state index contributed by atoms with van der Waals surface area (Å²) in [6.45, 7) is 0. The molecule has 1 heterocycles. The zero-order valence-corrected chi connectivity index (χ0v) is 14.9. The molecule has 0 saturated heterocycles. The molecule has 2 aromatic rings. The van der Waals surface area contributed by atoms with Crippen LogP contribution in [0.5, 0.6) is 0 Å². The molecule has 0 spiro atoms. The maximum Gasteiger partial charge on any atom is 0.471 e. The van der Waals surface area contributed by atoms with E-state index < -0.39 is 18.0 Å². The molecule has 1 aliphatic rings. The van der Waals surface area contributed by atoms with Crippen molar-refractivity contribution in [2.45, 2.75) is 31.9 Å². The molecular weight excluding hydrogens is 389 g/mol. The molecule has 138 valence electrons. The molecule has 0 atom stereocenters. The summed E-state index contributed by atoms with van der Waals surface area (Å²) < 4.78 is 37.9. The number of hydrogen-bond acceptors (Lipinski definition) is 3. The average Bonchev–Trinajstić information content (AvgIpc) is 2.91. The average molecular weight is 403 g/mol. The fourth-order valence-electron chi connectivity index (χ4n) is 2.83. The smallest absolute Gasteiger partial charge is 0.322 e. The molecule has 1 aromatic carbocycles. The second kappa shape index (κ2) is 7.28. The summed E-state index contributed by atoms with van der Waals surface area (Å²) in [6, 6.07) is 6.44. The van der Waals surface area contributed by atoms with Gasteiger partial charge in [-0.3, -0.25) is 9.59 Å². The molecule has 0 bridgehead atoms. The van der Waals surface area contributed by atoms with Crippen LogP contribution in [0.1, 0.15) is 33.6 Å². The third kappa shape index (κ3) is 4.02. The lowest BCUT2D eigenvalue weighted by atomic mass is 9.95. The second-order valence-electron chi connectivity index (χ2n) is 5.83. The zero-order valence-electron chi connectivity index (χ0n) is 13.4. The number of alkyl halides is 3. The lowest BCUT2D eigenvalue weighted by Gasteiger charge is -2.13. The SMILES string of the molecule is O=C(Nc1cccc(Cl)c1)c1c(NC(=O)C(F)(F)F)sc2c1CCCC2. The third-order valence-corrected chi connectivity index (χ3v) is 5.41. The van der Waals surface area contributed by atoms with Crippen molar-refractivity contribution in [2.75, 3.05) is 10.6 Å². The molecule has 2 amide bonds. The molecule has 0 aliphatic heterocycles. The highest BCUT2D eigenvalue weighted by atomic mass is 35.5. The van der Waals surface area contributed by atoms with Crippen molar-refractivity contribution < 1.29 is 22.8 Å². The summed E-state index contributed by atoms with van der Waals surface area (Å²) in [4.78, 5) is 24.9. The molecular formula is C17H14ClF3N2O2S. The number of amides is 2. The first-order valence-electron chi connectivity index (χ1n) is 7.85. The maximum atomic E-state index is 12.7. The second-order valence-corrected chi connectivity index (χ2v) is 7.37. The van der Waals surface area contributed by atoms with Crippen LogP contribution >= 0.6 is 22.9 Å². The van der Waals surface area contributed by atoms with Crippen molar-refractivity contribution in [2.24, 2.45) is 0 Å². The number of rotatable bonds is 3. The van der Waals surface area contributed by atoms with E-state index in [9.17, 15) is 22.8 Å². The van der Waals surface area contributed by atoms with Gasteiger partial charge in [0.1, 0.15) is 5.00 Å². The first-order chi connectivity index (χ1) is 12.3. The van der Waals surface area contributed by atoms with Gasteiger partial charge >= 0.3 is 12.1 Å². The Labute approximate surface area is 156 Å². The van der Waals surface area contributed by atoms with E-state index >= 15 is 0 Å². The number of nitrogens with one attached hydrogen (secondary N) is 2. The predicted molar refractivity (Wildman–Crippen MR) is 95.1 cm³/mol. The van der Waals surface area contributed by atoms with Crippen molar-refractivity contribution >= 4 is 45.4 Å². The Morgan fingerprint density at radius 2 is 1.85 bits per heavy atom. The monoisotopic (exact) mass is 402 g/mol. The molecule has 3 rings (SSSR count). The minimum Gasteiger partial charge on any atom is -0.322 e. The van der Waals surface area contributed by atoms with E-state index in [1.165, 1.54) is 6.07 Å². The van der Waals surface area contributed by atoms with E-state index in [-0.39, 0.29) is 10.6 Å². The lowest BCUT2D eigenvalue weighted by molar-refractivity contribution is -0.167. The number of hydrogen-bond donors (Lipinski definition) is 2. The van der Waals surface area contributed by atoms with Gasteiger partial charge in [0.25, 0.3) is 5.91 Å². The van der Waals surface area contributed by atoms with Crippen molar-refractivity contribution in [3.8, 4) is 0 Å². The Hall–Kier alpha value is -2.06. The molecule has 2 N–H and O–H groups in total. The largest absolute Gasteiger partial charge is 0.471 e. The van der Waals surface area contributed by atoms with Gasteiger partial charge in [-0.25, -0.2) is 0 Å². The Morgan fingerprint density at radius 1 is 1.12 bits per heavy atom. The van der Waals surface area contributed by atoms with E-state index in [4.69, 9.17) is 11.6 Å². The highest BCUT2D eigenvalue weighted by Gasteiger charge is 2.40. The van der Waals surface area contributed by atoms with E-state index in [0.29, 0.717) is 29.1 Å².